The van der Waals surface area contributed by atoms with Gasteiger partial charge in [0.25, 0.3) is 0 Å². The van der Waals surface area contributed by atoms with Crippen LogP contribution in [0, 0.1) is 0 Å². The largest absolute Gasteiger partial charge is 0.323 e. The van der Waals surface area contributed by atoms with E-state index in [1.54, 1.807) is 31.2 Å². The van der Waals surface area contributed by atoms with E-state index >= 15 is 0 Å². The lowest BCUT2D eigenvalue weighted by Gasteiger charge is -2.07. The summed E-state index contributed by atoms with van der Waals surface area (Å²) in [7, 11) is 0. The molecule has 1 atom stereocenters. The number of benzene rings is 1. The Balaban J connectivity index is 2.75. The van der Waals surface area contributed by atoms with E-state index in [1.165, 1.54) is 0 Å². The minimum Gasteiger partial charge on any atom is -0.323 e. The molecule has 0 aliphatic rings. The maximum Gasteiger partial charge on any atom is 0.242 e. The highest BCUT2D eigenvalue weighted by molar-refractivity contribution is 6.35. The average molecular weight is 218 g/mol. The summed E-state index contributed by atoms with van der Waals surface area (Å²) < 4.78 is 0. The van der Waals surface area contributed by atoms with Crippen LogP contribution in [0.1, 0.15) is 6.92 Å². The second-order valence-electron chi connectivity index (χ2n) is 2.59. The minimum atomic E-state index is -0.559. The van der Waals surface area contributed by atoms with Gasteiger partial charge in [0.2, 0.25) is 5.91 Å². The third-order valence-corrected chi connectivity index (χ3v) is 2.02. The average Bonchev–Trinajstić information content (AvgIpc) is 2.08. The van der Waals surface area contributed by atoms with Crippen molar-refractivity contribution >= 4 is 34.8 Å². The first kappa shape index (κ1) is 10.4. The SMILES string of the molecule is C[C@@H](Cl)C(=O)Nc1ccccc1Cl. The molecule has 2 nitrogen and oxygen atoms in total. The lowest BCUT2D eigenvalue weighted by molar-refractivity contribution is -0.115. The molecular formula is C9H9Cl2NO. The summed E-state index contributed by atoms with van der Waals surface area (Å²) in [5.41, 5.74) is 0.585. The number of hydrogen-bond donors (Lipinski definition) is 1. The zero-order valence-corrected chi connectivity index (χ0v) is 8.56. The fraction of sp³-hybridized carbons (Fsp3) is 0.222. The van der Waals surface area contributed by atoms with Gasteiger partial charge in [-0.3, -0.25) is 4.79 Å². The molecule has 0 fully saturated rings. The number of amides is 1. The monoisotopic (exact) mass is 217 g/mol. The van der Waals surface area contributed by atoms with Crippen molar-refractivity contribution in [3.8, 4) is 0 Å². The summed E-state index contributed by atoms with van der Waals surface area (Å²) in [6, 6.07) is 7.01. The van der Waals surface area contributed by atoms with Crippen molar-refractivity contribution in [2.45, 2.75) is 12.3 Å². The number of alkyl halides is 1. The van der Waals surface area contributed by atoms with Gasteiger partial charge in [0.05, 0.1) is 10.7 Å². The molecule has 1 aromatic carbocycles. The van der Waals surface area contributed by atoms with E-state index in [0.29, 0.717) is 10.7 Å². The van der Waals surface area contributed by atoms with Crippen LogP contribution in [0.4, 0.5) is 5.69 Å². The molecule has 1 rings (SSSR count). The van der Waals surface area contributed by atoms with Crippen molar-refractivity contribution in [1.29, 1.82) is 0 Å². The lowest BCUT2D eigenvalue weighted by atomic mass is 10.3. The van der Waals surface area contributed by atoms with Crippen LogP contribution >= 0.6 is 23.2 Å². The standard InChI is InChI=1S/C9H9Cl2NO/c1-6(10)9(13)12-8-5-3-2-4-7(8)11/h2-6H,1H3,(H,12,13)/t6-/m1/s1. The maximum absolute atomic E-state index is 11.2. The van der Waals surface area contributed by atoms with Crippen molar-refractivity contribution < 1.29 is 4.79 Å². The predicted octanol–water partition coefficient (Wildman–Crippen LogP) is 2.91. The summed E-state index contributed by atoms with van der Waals surface area (Å²) in [5, 5.41) is 2.56. The Morgan fingerprint density at radius 1 is 1.46 bits per heavy atom. The van der Waals surface area contributed by atoms with E-state index in [-0.39, 0.29) is 5.91 Å². The second kappa shape index (κ2) is 4.49. The molecule has 0 aliphatic carbocycles. The fourth-order valence-electron chi connectivity index (χ4n) is 0.795. The quantitative estimate of drug-likeness (QED) is 0.759. The molecule has 1 N–H and O–H groups in total. The van der Waals surface area contributed by atoms with Crippen molar-refractivity contribution in [2.24, 2.45) is 0 Å². The number of para-hydroxylation sites is 1. The van der Waals surface area contributed by atoms with Gasteiger partial charge in [-0.05, 0) is 19.1 Å². The number of anilines is 1. The Kier molecular flexibility index (Phi) is 3.58. The number of halogens is 2. The molecule has 1 aromatic rings. The van der Waals surface area contributed by atoms with Crippen LogP contribution in [0.3, 0.4) is 0 Å². The minimum absolute atomic E-state index is 0.255. The van der Waals surface area contributed by atoms with E-state index in [9.17, 15) is 4.79 Å². The van der Waals surface area contributed by atoms with Crippen LogP contribution < -0.4 is 5.32 Å². The van der Waals surface area contributed by atoms with Crippen LogP contribution in [0.5, 0.6) is 0 Å². The summed E-state index contributed by atoms with van der Waals surface area (Å²) in [6.07, 6.45) is 0. The highest BCUT2D eigenvalue weighted by atomic mass is 35.5. The Hall–Kier alpha value is -0.730. The third kappa shape index (κ3) is 2.90. The summed E-state index contributed by atoms with van der Waals surface area (Å²) in [5.74, 6) is -0.255. The molecule has 0 bridgehead atoms. The number of rotatable bonds is 2. The molecule has 0 aromatic heterocycles. The van der Waals surface area contributed by atoms with E-state index in [0.717, 1.165) is 0 Å². The number of hydrogen-bond acceptors (Lipinski definition) is 1. The van der Waals surface area contributed by atoms with Crippen molar-refractivity contribution in [3.63, 3.8) is 0 Å². The van der Waals surface area contributed by atoms with Crippen molar-refractivity contribution in [3.05, 3.63) is 29.3 Å². The molecule has 0 radical (unpaired) electrons. The van der Waals surface area contributed by atoms with E-state index in [4.69, 9.17) is 23.2 Å². The van der Waals surface area contributed by atoms with Gasteiger partial charge in [-0.2, -0.15) is 0 Å². The molecule has 70 valence electrons. The highest BCUT2D eigenvalue weighted by Gasteiger charge is 2.10. The van der Waals surface area contributed by atoms with Gasteiger partial charge in [-0.1, -0.05) is 23.7 Å². The molecule has 0 unspecified atom stereocenters. The Labute approximate surface area is 86.8 Å². The van der Waals surface area contributed by atoms with Crippen LogP contribution in [0.25, 0.3) is 0 Å². The number of nitrogens with one attached hydrogen (secondary N) is 1. The van der Waals surface area contributed by atoms with Gasteiger partial charge in [0.15, 0.2) is 0 Å². The molecule has 4 heteroatoms. The van der Waals surface area contributed by atoms with Gasteiger partial charge < -0.3 is 5.32 Å². The Bertz CT molecular complexity index is 312. The maximum atomic E-state index is 11.2. The molecule has 0 spiro atoms. The molecule has 0 saturated carbocycles. The van der Waals surface area contributed by atoms with Gasteiger partial charge in [0, 0.05) is 0 Å². The predicted molar refractivity (Wildman–Crippen MR) is 55.4 cm³/mol. The molecule has 0 aliphatic heterocycles. The normalized spacial score (nSPS) is 12.2. The Morgan fingerprint density at radius 3 is 2.62 bits per heavy atom. The summed E-state index contributed by atoms with van der Waals surface area (Å²) in [4.78, 5) is 11.2. The van der Waals surface area contributed by atoms with E-state index in [1.807, 2.05) is 0 Å². The van der Waals surface area contributed by atoms with Crippen LogP contribution in [-0.2, 0) is 4.79 Å². The van der Waals surface area contributed by atoms with Crippen molar-refractivity contribution in [2.75, 3.05) is 5.32 Å². The van der Waals surface area contributed by atoms with Crippen molar-refractivity contribution in [1.82, 2.24) is 0 Å². The highest BCUT2D eigenvalue weighted by Crippen LogP contribution is 2.20. The topological polar surface area (TPSA) is 29.1 Å². The lowest BCUT2D eigenvalue weighted by Crippen LogP contribution is -2.20. The van der Waals surface area contributed by atoms with E-state index in [2.05, 4.69) is 5.32 Å². The smallest absolute Gasteiger partial charge is 0.242 e. The van der Waals surface area contributed by atoms with Gasteiger partial charge >= 0.3 is 0 Å². The van der Waals surface area contributed by atoms with Gasteiger partial charge in [-0.25, -0.2) is 0 Å². The number of carbonyl (C=O) groups excluding carboxylic acids is 1. The summed E-state index contributed by atoms with van der Waals surface area (Å²) in [6.45, 7) is 1.60. The van der Waals surface area contributed by atoms with Gasteiger partial charge in [0.1, 0.15) is 5.38 Å². The zero-order valence-electron chi connectivity index (χ0n) is 7.05. The second-order valence-corrected chi connectivity index (χ2v) is 3.65. The molecule has 0 heterocycles. The van der Waals surface area contributed by atoms with Gasteiger partial charge in [-0.15, -0.1) is 11.6 Å². The molecular weight excluding hydrogens is 209 g/mol. The zero-order chi connectivity index (χ0) is 9.84. The summed E-state index contributed by atoms with van der Waals surface area (Å²) >= 11 is 11.4. The third-order valence-electron chi connectivity index (χ3n) is 1.49. The molecule has 1 amide bonds. The van der Waals surface area contributed by atoms with Crippen LogP contribution in [0.15, 0.2) is 24.3 Å². The van der Waals surface area contributed by atoms with E-state index < -0.39 is 5.38 Å². The number of carbonyl (C=O) groups is 1. The van der Waals surface area contributed by atoms with Crippen LogP contribution in [0.2, 0.25) is 5.02 Å². The molecule has 0 saturated heterocycles. The first-order valence-corrected chi connectivity index (χ1v) is 4.62. The first-order valence-electron chi connectivity index (χ1n) is 3.80. The molecule has 13 heavy (non-hydrogen) atoms. The first-order chi connectivity index (χ1) is 6.11. The Morgan fingerprint density at radius 2 is 2.08 bits per heavy atom. The van der Waals surface area contributed by atoms with Crippen LogP contribution in [-0.4, -0.2) is 11.3 Å². The fourth-order valence-corrected chi connectivity index (χ4v) is 1.03.